The molecular formula is C18H24N2O2. The van der Waals surface area contributed by atoms with Gasteiger partial charge in [-0.1, -0.05) is 30.3 Å². The van der Waals surface area contributed by atoms with Crippen molar-refractivity contribution >= 4 is 0 Å². The van der Waals surface area contributed by atoms with E-state index >= 15 is 0 Å². The van der Waals surface area contributed by atoms with E-state index < -0.39 is 0 Å². The predicted molar refractivity (Wildman–Crippen MR) is 84.0 cm³/mol. The highest BCUT2D eigenvalue weighted by molar-refractivity contribution is 5.21. The lowest BCUT2D eigenvalue weighted by Crippen LogP contribution is -2.48. The summed E-state index contributed by atoms with van der Waals surface area (Å²) in [5, 5.41) is 9.59. The first-order valence-electron chi connectivity index (χ1n) is 8.28. The Labute approximate surface area is 132 Å². The third-order valence-corrected chi connectivity index (χ3v) is 4.75. The Kier molecular flexibility index (Phi) is 5.09. The summed E-state index contributed by atoms with van der Waals surface area (Å²) >= 11 is 0. The summed E-state index contributed by atoms with van der Waals surface area (Å²) in [5.41, 5.74) is 1.23. The fourth-order valence-corrected chi connectivity index (χ4v) is 3.76. The van der Waals surface area contributed by atoms with Gasteiger partial charge in [-0.2, -0.15) is 5.26 Å². The van der Waals surface area contributed by atoms with Gasteiger partial charge in [0.2, 0.25) is 0 Å². The third kappa shape index (κ3) is 3.17. The molecule has 0 aliphatic carbocycles. The highest BCUT2D eigenvalue weighted by Gasteiger charge is 2.40. The van der Waals surface area contributed by atoms with Crippen LogP contribution in [0, 0.1) is 11.3 Å². The normalized spacial score (nSPS) is 32.7. The summed E-state index contributed by atoms with van der Waals surface area (Å²) in [7, 11) is 0. The van der Waals surface area contributed by atoms with Crippen LogP contribution < -0.4 is 0 Å². The number of hydrogen-bond donors (Lipinski definition) is 0. The van der Waals surface area contributed by atoms with Crippen molar-refractivity contribution in [1.29, 1.82) is 5.26 Å². The molecule has 0 bridgehead atoms. The van der Waals surface area contributed by atoms with Crippen LogP contribution in [0.15, 0.2) is 30.3 Å². The van der Waals surface area contributed by atoms with Crippen LogP contribution in [0.1, 0.15) is 44.2 Å². The van der Waals surface area contributed by atoms with E-state index in [1.807, 2.05) is 13.0 Å². The molecule has 2 unspecified atom stereocenters. The van der Waals surface area contributed by atoms with E-state index in [0.717, 1.165) is 25.7 Å². The molecule has 0 saturated carbocycles. The fraction of sp³-hybridized carbons (Fsp3) is 0.611. The van der Waals surface area contributed by atoms with Crippen LogP contribution in [0.3, 0.4) is 0 Å². The van der Waals surface area contributed by atoms with Gasteiger partial charge in [-0.15, -0.1) is 0 Å². The molecule has 2 heterocycles. The molecular weight excluding hydrogens is 276 g/mol. The molecule has 2 fully saturated rings. The second-order valence-corrected chi connectivity index (χ2v) is 6.06. The second kappa shape index (κ2) is 7.23. The van der Waals surface area contributed by atoms with Gasteiger partial charge in [-0.25, -0.2) is 0 Å². The van der Waals surface area contributed by atoms with Gasteiger partial charge in [0.1, 0.15) is 0 Å². The van der Waals surface area contributed by atoms with Crippen LogP contribution in [0.25, 0.3) is 0 Å². The van der Waals surface area contributed by atoms with Crippen LogP contribution in [-0.2, 0) is 9.47 Å². The minimum atomic E-state index is -0.149. The first-order chi connectivity index (χ1) is 10.8. The number of ether oxygens (including phenoxy) is 2. The number of nitriles is 1. The van der Waals surface area contributed by atoms with Gasteiger partial charge >= 0.3 is 0 Å². The van der Waals surface area contributed by atoms with Crippen LogP contribution in [0.4, 0.5) is 0 Å². The smallest absolute Gasteiger partial charge is 0.159 e. The average Bonchev–Trinajstić information content (AvgIpc) is 2.75. The molecule has 2 aliphatic rings. The zero-order valence-corrected chi connectivity index (χ0v) is 13.1. The Balaban J connectivity index is 1.90. The standard InChI is InChI=1S/C18H24N2O2/c1-2-21-18-11-15-9-6-10-16(12-19)20(15)17(13-22-18)14-7-4-3-5-8-14/h3-5,7-8,15-18H,2,6,9-11,13H2,1H3/t15-,16?,17+,18?/m1/s1. The third-order valence-electron chi connectivity index (χ3n) is 4.75. The molecule has 1 aromatic carbocycles. The van der Waals surface area contributed by atoms with Crippen molar-refractivity contribution in [3.05, 3.63) is 35.9 Å². The van der Waals surface area contributed by atoms with E-state index in [-0.39, 0.29) is 18.4 Å². The van der Waals surface area contributed by atoms with Crippen molar-refractivity contribution in [3.8, 4) is 6.07 Å². The van der Waals surface area contributed by atoms with Crippen molar-refractivity contribution in [2.75, 3.05) is 13.2 Å². The fourth-order valence-electron chi connectivity index (χ4n) is 3.76. The second-order valence-electron chi connectivity index (χ2n) is 6.06. The maximum absolute atomic E-state index is 9.59. The number of piperidine rings is 1. The Hall–Kier alpha value is -1.41. The number of fused-ring (bicyclic) bond motifs is 1. The molecule has 118 valence electrons. The lowest BCUT2D eigenvalue weighted by Gasteiger charge is -2.42. The molecule has 1 aromatic rings. The SMILES string of the molecule is CCOC1C[C@H]2CCCC(C#N)N2[C@H](c2ccccc2)CO1. The molecule has 22 heavy (non-hydrogen) atoms. The minimum absolute atomic E-state index is 0.0204. The maximum atomic E-state index is 9.59. The first kappa shape index (κ1) is 15.5. The molecule has 0 aromatic heterocycles. The van der Waals surface area contributed by atoms with Crippen LogP contribution in [0.5, 0.6) is 0 Å². The van der Waals surface area contributed by atoms with Gasteiger partial charge in [0.25, 0.3) is 0 Å². The number of benzene rings is 1. The summed E-state index contributed by atoms with van der Waals surface area (Å²) in [4.78, 5) is 2.39. The van der Waals surface area contributed by atoms with Crippen molar-refractivity contribution in [3.63, 3.8) is 0 Å². The average molecular weight is 300 g/mol. The Morgan fingerprint density at radius 3 is 2.86 bits per heavy atom. The Morgan fingerprint density at radius 1 is 1.32 bits per heavy atom. The summed E-state index contributed by atoms with van der Waals surface area (Å²) in [6.45, 7) is 3.25. The van der Waals surface area contributed by atoms with Gasteiger partial charge in [-0.3, -0.25) is 4.90 Å². The molecule has 2 aliphatic heterocycles. The maximum Gasteiger partial charge on any atom is 0.159 e. The quantitative estimate of drug-likeness (QED) is 0.859. The van der Waals surface area contributed by atoms with E-state index in [0.29, 0.717) is 19.3 Å². The summed E-state index contributed by atoms with van der Waals surface area (Å²) in [6.07, 6.45) is 3.89. The minimum Gasteiger partial charge on any atom is -0.353 e. The van der Waals surface area contributed by atoms with E-state index in [2.05, 4.69) is 35.2 Å². The lowest BCUT2D eigenvalue weighted by molar-refractivity contribution is -0.140. The number of rotatable bonds is 3. The topological polar surface area (TPSA) is 45.5 Å². The molecule has 0 spiro atoms. The van der Waals surface area contributed by atoms with Gasteiger partial charge < -0.3 is 9.47 Å². The molecule has 0 amide bonds. The van der Waals surface area contributed by atoms with Crippen LogP contribution in [-0.4, -0.2) is 36.5 Å². The summed E-state index contributed by atoms with van der Waals surface area (Å²) in [6, 6.07) is 13.4. The van der Waals surface area contributed by atoms with Gasteiger partial charge in [0, 0.05) is 19.1 Å². The zero-order chi connectivity index (χ0) is 15.4. The predicted octanol–water partition coefficient (Wildman–Crippen LogP) is 3.26. The van der Waals surface area contributed by atoms with E-state index in [9.17, 15) is 5.26 Å². The monoisotopic (exact) mass is 300 g/mol. The summed E-state index contributed by atoms with van der Waals surface area (Å²) in [5.74, 6) is 0. The van der Waals surface area contributed by atoms with E-state index in [4.69, 9.17) is 9.47 Å². The molecule has 4 nitrogen and oxygen atoms in total. The first-order valence-corrected chi connectivity index (χ1v) is 8.28. The summed E-state index contributed by atoms with van der Waals surface area (Å²) < 4.78 is 11.8. The molecule has 2 saturated heterocycles. The van der Waals surface area contributed by atoms with Crippen molar-refractivity contribution < 1.29 is 9.47 Å². The van der Waals surface area contributed by atoms with Crippen LogP contribution in [0.2, 0.25) is 0 Å². The van der Waals surface area contributed by atoms with E-state index in [1.165, 1.54) is 5.56 Å². The van der Waals surface area contributed by atoms with Crippen molar-refractivity contribution in [2.45, 2.75) is 57.0 Å². The van der Waals surface area contributed by atoms with Crippen molar-refractivity contribution in [1.82, 2.24) is 4.90 Å². The highest BCUT2D eigenvalue weighted by Crippen LogP contribution is 2.37. The number of hydrogen-bond acceptors (Lipinski definition) is 4. The van der Waals surface area contributed by atoms with Gasteiger partial charge in [-0.05, 0) is 31.7 Å². The highest BCUT2D eigenvalue weighted by atomic mass is 16.7. The Bertz CT molecular complexity index is 514. The van der Waals surface area contributed by atoms with Crippen LogP contribution >= 0.6 is 0 Å². The van der Waals surface area contributed by atoms with Gasteiger partial charge in [0.15, 0.2) is 6.29 Å². The molecule has 3 rings (SSSR count). The van der Waals surface area contributed by atoms with Crippen molar-refractivity contribution in [2.24, 2.45) is 0 Å². The lowest BCUT2D eigenvalue weighted by atomic mass is 9.90. The Morgan fingerprint density at radius 2 is 2.14 bits per heavy atom. The largest absolute Gasteiger partial charge is 0.353 e. The van der Waals surface area contributed by atoms with E-state index in [1.54, 1.807) is 0 Å². The number of nitrogens with zero attached hydrogens (tertiary/aromatic N) is 2. The molecule has 0 N–H and O–H groups in total. The zero-order valence-electron chi connectivity index (χ0n) is 13.1. The van der Waals surface area contributed by atoms with Gasteiger partial charge in [0.05, 0.1) is 24.8 Å². The molecule has 0 radical (unpaired) electrons. The molecule has 4 atom stereocenters. The molecule has 4 heteroatoms.